The van der Waals surface area contributed by atoms with Gasteiger partial charge in [0, 0.05) is 36.4 Å². The van der Waals surface area contributed by atoms with Crippen LogP contribution in [0.4, 0.5) is 10.8 Å². The van der Waals surface area contributed by atoms with Gasteiger partial charge in [-0.15, -0.1) is 11.3 Å². The summed E-state index contributed by atoms with van der Waals surface area (Å²) in [5.74, 6) is 0.477. The number of thiazole rings is 1. The zero-order valence-electron chi connectivity index (χ0n) is 15.5. The predicted octanol–water partition coefficient (Wildman–Crippen LogP) is 3.17. The summed E-state index contributed by atoms with van der Waals surface area (Å²) in [5.41, 5.74) is 3.88. The van der Waals surface area contributed by atoms with Crippen molar-refractivity contribution >= 4 is 39.1 Å². The zero-order chi connectivity index (χ0) is 19.6. The summed E-state index contributed by atoms with van der Waals surface area (Å²) < 4.78 is 5.47. The Morgan fingerprint density at radius 3 is 2.93 bits per heavy atom. The molecule has 1 amide bonds. The number of anilines is 2. The summed E-state index contributed by atoms with van der Waals surface area (Å²) in [6.45, 7) is 2.99. The predicted molar refractivity (Wildman–Crippen MR) is 112 cm³/mol. The lowest BCUT2D eigenvalue weighted by atomic mass is 10.1. The summed E-state index contributed by atoms with van der Waals surface area (Å²) in [4.78, 5) is 31.5. The Morgan fingerprint density at radius 1 is 1.21 bits per heavy atom. The Morgan fingerprint density at radius 2 is 2.10 bits per heavy atom. The molecule has 8 nitrogen and oxygen atoms in total. The number of nitrogens with zero attached hydrogens (tertiary/aromatic N) is 4. The molecule has 29 heavy (non-hydrogen) atoms. The van der Waals surface area contributed by atoms with E-state index >= 15 is 0 Å². The Kier molecular flexibility index (Phi) is 4.66. The van der Waals surface area contributed by atoms with Gasteiger partial charge in [-0.25, -0.2) is 9.97 Å². The van der Waals surface area contributed by atoms with Gasteiger partial charge in [-0.1, -0.05) is 6.07 Å². The first-order chi connectivity index (χ1) is 14.3. The number of benzene rings is 1. The molecule has 146 valence electrons. The molecule has 9 heteroatoms. The maximum absolute atomic E-state index is 12.8. The van der Waals surface area contributed by atoms with Crippen LogP contribution in [-0.2, 0) is 4.74 Å². The van der Waals surface area contributed by atoms with Crippen molar-refractivity contribution in [3.05, 3.63) is 53.8 Å². The number of rotatable bonds is 4. The Hall–Kier alpha value is -3.30. The van der Waals surface area contributed by atoms with Gasteiger partial charge in [-0.2, -0.15) is 0 Å². The molecule has 4 heterocycles. The van der Waals surface area contributed by atoms with Crippen LogP contribution in [-0.4, -0.2) is 52.1 Å². The van der Waals surface area contributed by atoms with Crippen molar-refractivity contribution in [2.45, 2.75) is 0 Å². The summed E-state index contributed by atoms with van der Waals surface area (Å²) in [7, 11) is 0. The highest BCUT2D eigenvalue weighted by atomic mass is 32.1. The van der Waals surface area contributed by atoms with E-state index in [9.17, 15) is 4.79 Å². The van der Waals surface area contributed by atoms with Gasteiger partial charge in [0.15, 0.2) is 5.13 Å². The number of fused-ring (bicyclic) bond motifs is 1. The number of nitrogens with one attached hydrogen (secondary N) is 2. The standard InChI is InChI=1S/C20H18N6O2S/c27-19(25-20-22-6-11-29-20)14-2-1-3-15-17(14)24-18(23-15)13-4-5-21-12-16(13)26-7-9-28-10-8-26/h1-6,11-12H,7-10H2,(H,23,24)(H,22,25,27). The second-order valence-corrected chi connectivity index (χ2v) is 7.47. The van der Waals surface area contributed by atoms with E-state index in [4.69, 9.17) is 9.72 Å². The van der Waals surface area contributed by atoms with Crippen molar-refractivity contribution in [3.63, 3.8) is 0 Å². The van der Waals surface area contributed by atoms with E-state index in [0.29, 0.717) is 35.2 Å². The number of carbonyl (C=O) groups is 1. The molecule has 0 unspecified atom stereocenters. The maximum atomic E-state index is 12.8. The first-order valence-electron chi connectivity index (χ1n) is 9.26. The summed E-state index contributed by atoms with van der Waals surface area (Å²) in [6.07, 6.45) is 5.26. The fourth-order valence-corrected chi connectivity index (χ4v) is 3.96. The van der Waals surface area contributed by atoms with Crippen LogP contribution >= 0.6 is 11.3 Å². The molecule has 1 aliphatic heterocycles. The lowest BCUT2D eigenvalue weighted by Gasteiger charge is -2.29. The highest BCUT2D eigenvalue weighted by molar-refractivity contribution is 7.13. The number of hydrogen-bond donors (Lipinski definition) is 2. The van der Waals surface area contributed by atoms with Crippen LogP contribution < -0.4 is 10.2 Å². The number of ether oxygens (including phenoxy) is 1. The van der Waals surface area contributed by atoms with Crippen LogP contribution in [0.3, 0.4) is 0 Å². The molecule has 0 atom stereocenters. The molecule has 0 spiro atoms. The fourth-order valence-electron chi connectivity index (χ4n) is 3.44. The molecular weight excluding hydrogens is 388 g/mol. The third-order valence-electron chi connectivity index (χ3n) is 4.82. The van der Waals surface area contributed by atoms with Gasteiger partial charge in [-0.05, 0) is 18.2 Å². The Labute approximate surface area is 170 Å². The van der Waals surface area contributed by atoms with Crippen LogP contribution in [0.15, 0.2) is 48.2 Å². The first-order valence-corrected chi connectivity index (χ1v) is 10.1. The minimum atomic E-state index is -0.230. The van der Waals surface area contributed by atoms with Crippen LogP contribution in [0.2, 0.25) is 0 Å². The summed E-state index contributed by atoms with van der Waals surface area (Å²) in [5, 5.41) is 5.21. The van der Waals surface area contributed by atoms with Crippen molar-refractivity contribution in [1.29, 1.82) is 0 Å². The second kappa shape index (κ2) is 7.61. The summed E-state index contributed by atoms with van der Waals surface area (Å²) >= 11 is 1.38. The van der Waals surface area contributed by atoms with Crippen LogP contribution in [0.5, 0.6) is 0 Å². The molecule has 1 fully saturated rings. The van der Waals surface area contributed by atoms with Gasteiger partial charge in [0.2, 0.25) is 0 Å². The zero-order valence-corrected chi connectivity index (χ0v) is 16.3. The van der Waals surface area contributed by atoms with E-state index in [1.54, 1.807) is 18.5 Å². The van der Waals surface area contributed by atoms with Gasteiger partial charge in [-0.3, -0.25) is 15.1 Å². The molecule has 2 N–H and O–H groups in total. The number of hydrogen-bond acceptors (Lipinski definition) is 7. The van der Waals surface area contributed by atoms with Crippen molar-refractivity contribution < 1.29 is 9.53 Å². The minimum absolute atomic E-state index is 0.230. The number of aromatic amines is 1. The van der Waals surface area contributed by atoms with Crippen LogP contribution in [0, 0.1) is 0 Å². The number of para-hydroxylation sites is 1. The van der Waals surface area contributed by atoms with Crippen molar-refractivity contribution in [2.24, 2.45) is 0 Å². The topological polar surface area (TPSA) is 96.0 Å². The summed E-state index contributed by atoms with van der Waals surface area (Å²) in [6, 6.07) is 7.47. The quantitative estimate of drug-likeness (QED) is 0.540. The largest absolute Gasteiger partial charge is 0.378 e. The van der Waals surface area contributed by atoms with Crippen LogP contribution in [0.1, 0.15) is 10.4 Å². The Balaban J connectivity index is 1.54. The van der Waals surface area contributed by atoms with Gasteiger partial charge in [0.1, 0.15) is 11.3 Å². The van der Waals surface area contributed by atoms with E-state index in [1.807, 2.05) is 29.8 Å². The van der Waals surface area contributed by atoms with Gasteiger partial charge < -0.3 is 14.6 Å². The molecule has 0 saturated carbocycles. The molecule has 1 aliphatic rings. The van der Waals surface area contributed by atoms with E-state index < -0.39 is 0 Å². The third kappa shape index (κ3) is 3.45. The van der Waals surface area contributed by atoms with Gasteiger partial charge >= 0.3 is 0 Å². The second-order valence-electron chi connectivity index (χ2n) is 6.57. The fraction of sp³-hybridized carbons (Fsp3) is 0.200. The molecule has 0 bridgehead atoms. The normalized spacial score (nSPS) is 14.3. The average Bonchev–Trinajstić information content (AvgIpc) is 3.43. The maximum Gasteiger partial charge on any atom is 0.259 e. The number of carbonyl (C=O) groups excluding carboxylic acids is 1. The number of aromatic nitrogens is 4. The Bertz CT molecular complexity index is 1150. The van der Waals surface area contributed by atoms with Crippen LogP contribution in [0.25, 0.3) is 22.4 Å². The number of imidazole rings is 1. The van der Waals surface area contributed by atoms with Gasteiger partial charge in [0.25, 0.3) is 5.91 Å². The number of H-pyrrole nitrogens is 1. The van der Waals surface area contributed by atoms with Crippen molar-refractivity contribution in [3.8, 4) is 11.4 Å². The smallest absolute Gasteiger partial charge is 0.259 e. The molecule has 1 aromatic carbocycles. The third-order valence-corrected chi connectivity index (χ3v) is 5.51. The highest BCUT2D eigenvalue weighted by Crippen LogP contribution is 2.31. The molecule has 0 radical (unpaired) electrons. The van der Waals surface area contributed by atoms with E-state index in [0.717, 1.165) is 29.9 Å². The molecule has 1 saturated heterocycles. The number of amides is 1. The molecule has 0 aliphatic carbocycles. The first kappa shape index (κ1) is 17.8. The number of pyridine rings is 1. The monoisotopic (exact) mass is 406 g/mol. The molecule has 5 rings (SSSR count). The van der Waals surface area contributed by atoms with Crippen molar-refractivity contribution in [2.75, 3.05) is 36.5 Å². The molecule has 4 aromatic rings. The van der Waals surface area contributed by atoms with E-state index in [1.165, 1.54) is 11.3 Å². The minimum Gasteiger partial charge on any atom is -0.378 e. The lowest BCUT2D eigenvalue weighted by Crippen LogP contribution is -2.36. The van der Waals surface area contributed by atoms with Crippen molar-refractivity contribution in [1.82, 2.24) is 19.9 Å². The lowest BCUT2D eigenvalue weighted by molar-refractivity contribution is 0.102. The highest BCUT2D eigenvalue weighted by Gasteiger charge is 2.20. The average molecular weight is 406 g/mol. The molecular formula is C20H18N6O2S. The van der Waals surface area contributed by atoms with E-state index in [2.05, 4.69) is 25.2 Å². The van der Waals surface area contributed by atoms with Gasteiger partial charge in [0.05, 0.1) is 36.2 Å². The molecule has 3 aromatic heterocycles. The van der Waals surface area contributed by atoms with E-state index in [-0.39, 0.29) is 5.91 Å². The number of morpholine rings is 1. The SMILES string of the molecule is O=C(Nc1nccs1)c1cccc2[nH]c(-c3ccncc3N3CCOCC3)nc12.